The van der Waals surface area contributed by atoms with E-state index in [2.05, 4.69) is 48.3 Å². The van der Waals surface area contributed by atoms with Crippen LogP contribution in [-0.2, 0) is 6.42 Å². The van der Waals surface area contributed by atoms with E-state index < -0.39 is 0 Å². The standard InChI is InChI=1S/C15H19N/c1-3-4-11-16-15-12(2)9-10-13-7-5-6-8-14(13)15/h5-8,12,15-16H,9-11H2,1-2H3. The molecule has 1 nitrogen and oxygen atoms in total. The van der Waals surface area contributed by atoms with Gasteiger partial charge in [-0.1, -0.05) is 37.1 Å². The van der Waals surface area contributed by atoms with E-state index in [1.807, 2.05) is 6.92 Å². The molecule has 0 amide bonds. The summed E-state index contributed by atoms with van der Waals surface area (Å²) in [5.41, 5.74) is 2.97. The molecule has 16 heavy (non-hydrogen) atoms. The Hall–Kier alpha value is -1.26. The van der Waals surface area contributed by atoms with Gasteiger partial charge in [-0.2, -0.15) is 0 Å². The number of rotatable bonds is 2. The van der Waals surface area contributed by atoms with Crippen molar-refractivity contribution in [3.8, 4) is 11.8 Å². The van der Waals surface area contributed by atoms with Crippen LogP contribution in [0, 0.1) is 17.8 Å². The highest BCUT2D eigenvalue weighted by Crippen LogP contribution is 2.33. The fraction of sp³-hybridized carbons (Fsp3) is 0.467. The quantitative estimate of drug-likeness (QED) is 0.745. The third kappa shape index (κ3) is 2.28. The minimum Gasteiger partial charge on any atom is -0.299 e. The summed E-state index contributed by atoms with van der Waals surface area (Å²) < 4.78 is 0. The van der Waals surface area contributed by atoms with Crippen molar-refractivity contribution in [1.29, 1.82) is 0 Å². The minimum absolute atomic E-state index is 0.478. The van der Waals surface area contributed by atoms with Crippen molar-refractivity contribution in [2.45, 2.75) is 32.7 Å². The lowest BCUT2D eigenvalue weighted by Crippen LogP contribution is -2.31. The average molecular weight is 213 g/mol. The Balaban J connectivity index is 2.18. The topological polar surface area (TPSA) is 12.0 Å². The van der Waals surface area contributed by atoms with E-state index in [-0.39, 0.29) is 0 Å². The molecule has 1 heteroatoms. The van der Waals surface area contributed by atoms with Gasteiger partial charge in [-0.25, -0.2) is 0 Å². The van der Waals surface area contributed by atoms with Crippen molar-refractivity contribution in [1.82, 2.24) is 5.32 Å². The number of benzene rings is 1. The van der Waals surface area contributed by atoms with Crippen LogP contribution in [0.4, 0.5) is 0 Å². The van der Waals surface area contributed by atoms with Gasteiger partial charge in [-0.05, 0) is 36.8 Å². The smallest absolute Gasteiger partial charge is 0.0581 e. The van der Waals surface area contributed by atoms with Crippen molar-refractivity contribution in [2.75, 3.05) is 6.54 Å². The van der Waals surface area contributed by atoms with Crippen LogP contribution in [0.1, 0.15) is 37.4 Å². The second-order valence-corrected chi connectivity index (χ2v) is 4.50. The van der Waals surface area contributed by atoms with Gasteiger partial charge >= 0.3 is 0 Å². The van der Waals surface area contributed by atoms with Gasteiger partial charge in [0.05, 0.1) is 6.54 Å². The summed E-state index contributed by atoms with van der Waals surface area (Å²) in [5.74, 6) is 6.72. The first-order chi connectivity index (χ1) is 7.83. The third-order valence-corrected chi connectivity index (χ3v) is 3.42. The molecule has 1 aliphatic carbocycles. The van der Waals surface area contributed by atoms with Gasteiger partial charge in [0.1, 0.15) is 0 Å². The van der Waals surface area contributed by atoms with E-state index >= 15 is 0 Å². The normalized spacial score (nSPS) is 23.1. The van der Waals surface area contributed by atoms with Crippen molar-refractivity contribution < 1.29 is 0 Å². The summed E-state index contributed by atoms with van der Waals surface area (Å²) in [5, 5.41) is 3.55. The Bertz CT molecular complexity index is 411. The summed E-state index contributed by atoms with van der Waals surface area (Å²) in [4.78, 5) is 0. The van der Waals surface area contributed by atoms with E-state index in [1.54, 1.807) is 0 Å². The summed E-state index contributed by atoms with van der Waals surface area (Å²) in [7, 11) is 0. The molecular weight excluding hydrogens is 194 g/mol. The molecule has 2 unspecified atom stereocenters. The van der Waals surface area contributed by atoms with Crippen LogP contribution in [0.5, 0.6) is 0 Å². The summed E-state index contributed by atoms with van der Waals surface area (Å²) in [6.45, 7) is 5.01. The third-order valence-electron chi connectivity index (χ3n) is 3.42. The van der Waals surface area contributed by atoms with Crippen LogP contribution in [0.15, 0.2) is 24.3 Å². The molecule has 0 saturated carbocycles. The van der Waals surface area contributed by atoms with Gasteiger partial charge in [-0.3, -0.25) is 5.32 Å². The highest BCUT2D eigenvalue weighted by atomic mass is 14.9. The maximum Gasteiger partial charge on any atom is 0.0581 e. The van der Waals surface area contributed by atoms with Crippen molar-refractivity contribution in [3.63, 3.8) is 0 Å². The summed E-state index contributed by atoms with van der Waals surface area (Å²) >= 11 is 0. The van der Waals surface area contributed by atoms with E-state index in [9.17, 15) is 0 Å². The van der Waals surface area contributed by atoms with E-state index in [0.717, 1.165) is 6.54 Å². The average Bonchev–Trinajstić information content (AvgIpc) is 2.32. The molecule has 1 aromatic carbocycles. The van der Waals surface area contributed by atoms with Crippen LogP contribution >= 0.6 is 0 Å². The van der Waals surface area contributed by atoms with Gasteiger partial charge in [0, 0.05) is 6.04 Å². The van der Waals surface area contributed by atoms with Gasteiger partial charge < -0.3 is 0 Å². The lowest BCUT2D eigenvalue weighted by Gasteiger charge is -2.31. The maximum absolute atomic E-state index is 3.55. The Morgan fingerprint density at radius 2 is 2.19 bits per heavy atom. The van der Waals surface area contributed by atoms with Crippen LogP contribution < -0.4 is 5.32 Å². The monoisotopic (exact) mass is 213 g/mol. The second kappa shape index (κ2) is 5.18. The lowest BCUT2D eigenvalue weighted by molar-refractivity contribution is 0.356. The molecule has 0 saturated heterocycles. The SMILES string of the molecule is CC#CCNC1c2ccccc2CCC1C. The van der Waals surface area contributed by atoms with Crippen LogP contribution in [0.2, 0.25) is 0 Å². The van der Waals surface area contributed by atoms with E-state index in [4.69, 9.17) is 0 Å². The zero-order valence-electron chi connectivity index (χ0n) is 10.1. The zero-order chi connectivity index (χ0) is 11.4. The highest BCUT2D eigenvalue weighted by Gasteiger charge is 2.25. The summed E-state index contributed by atoms with van der Waals surface area (Å²) in [6.07, 6.45) is 2.49. The van der Waals surface area contributed by atoms with Crippen molar-refractivity contribution >= 4 is 0 Å². The number of nitrogens with one attached hydrogen (secondary N) is 1. The van der Waals surface area contributed by atoms with Gasteiger partial charge in [0.25, 0.3) is 0 Å². The maximum atomic E-state index is 3.55. The molecule has 0 radical (unpaired) electrons. The van der Waals surface area contributed by atoms with Crippen molar-refractivity contribution in [2.24, 2.45) is 5.92 Å². The molecule has 2 atom stereocenters. The largest absolute Gasteiger partial charge is 0.299 e. The molecule has 1 aliphatic rings. The molecule has 0 aliphatic heterocycles. The Labute approximate surface area is 98.3 Å². The van der Waals surface area contributed by atoms with E-state index in [0.29, 0.717) is 12.0 Å². The molecule has 0 heterocycles. The predicted octanol–water partition coefficient (Wildman–Crippen LogP) is 2.92. The molecule has 0 bridgehead atoms. The number of fused-ring (bicyclic) bond motifs is 1. The number of aryl methyl sites for hydroxylation is 1. The highest BCUT2D eigenvalue weighted by molar-refractivity contribution is 5.33. The lowest BCUT2D eigenvalue weighted by atomic mass is 9.81. The van der Waals surface area contributed by atoms with Gasteiger partial charge in [-0.15, -0.1) is 5.92 Å². The van der Waals surface area contributed by atoms with Crippen LogP contribution in [-0.4, -0.2) is 6.54 Å². The number of hydrogen-bond acceptors (Lipinski definition) is 1. The van der Waals surface area contributed by atoms with Gasteiger partial charge in [0.2, 0.25) is 0 Å². The number of hydrogen-bond donors (Lipinski definition) is 1. The molecule has 1 aromatic rings. The minimum atomic E-state index is 0.478. The van der Waals surface area contributed by atoms with Crippen LogP contribution in [0.3, 0.4) is 0 Å². The van der Waals surface area contributed by atoms with Crippen molar-refractivity contribution in [3.05, 3.63) is 35.4 Å². The molecule has 0 spiro atoms. The second-order valence-electron chi connectivity index (χ2n) is 4.50. The summed E-state index contributed by atoms with van der Waals surface area (Å²) in [6, 6.07) is 9.25. The Kier molecular flexibility index (Phi) is 3.64. The molecule has 1 N–H and O–H groups in total. The molecular formula is C15H19N. The van der Waals surface area contributed by atoms with E-state index in [1.165, 1.54) is 24.0 Å². The van der Waals surface area contributed by atoms with Gasteiger partial charge in [0.15, 0.2) is 0 Å². The first-order valence-corrected chi connectivity index (χ1v) is 6.03. The van der Waals surface area contributed by atoms with Crippen LogP contribution in [0.25, 0.3) is 0 Å². The first kappa shape index (κ1) is 11.2. The first-order valence-electron chi connectivity index (χ1n) is 6.03. The Morgan fingerprint density at radius 1 is 1.38 bits per heavy atom. The molecule has 84 valence electrons. The molecule has 0 aromatic heterocycles. The predicted molar refractivity (Wildman–Crippen MR) is 68.1 cm³/mol. The molecule has 2 rings (SSSR count). The molecule has 0 fully saturated rings. The fourth-order valence-electron chi connectivity index (χ4n) is 2.48. The zero-order valence-corrected chi connectivity index (χ0v) is 10.1. The fourth-order valence-corrected chi connectivity index (χ4v) is 2.48. The Morgan fingerprint density at radius 3 is 3.00 bits per heavy atom.